The largest absolute Gasteiger partial charge is 0.508 e. The second-order valence-electron chi connectivity index (χ2n) is 6.02. The molecule has 0 aliphatic carbocycles. The summed E-state index contributed by atoms with van der Waals surface area (Å²) < 4.78 is 0. The van der Waals surface area contributed by atoms with E-state index in [1.807, 2.05) is 30.3 Å². The fourth-order valence-electron chi connectivity index (χ4n) is 2.32. The highest BCUT2D eigenvalue weighted by atomic mass is 32.2. The van der Waals surface area contributed by atoms with Gasteiger partial charge in [0.15, 0.2) is 0 Å². The molecule has 2 aromatic rings. The molecule has 6 nitrogen and oxygen atoms in total. The summed E-state index contributed by atoms with van der Waals surface area (Å²) in [6.45, 7) is 2.92. The molecule has 2 amide bonds. The average molecular weight is 386 g/mol. The van der Waals surface area contributed by atoms with Crippen LogP contribution in [0.4, 0.5) is 0 Å². The lowest BCUT2D eigenvalue weighted by Gasteiger charge is -2.19. The lowest BCUT2D eigenvalue weighted by molar-refractivity contribution is -0.125. The third-order valence-electron chi connectivity index (χ3n) is 3.84. The second kappa shape index (κ2) is 9.78. The number of hydrogen-bond donors (Lipinski definition) is 3. The van der Waals surface area contributed by atoms with Crippen LogP contribution in [-0.4, -0.2) is 41.0 Å². The Labute approximate surface area is 162 Å². The van der Waals surface area contributed by atoms with Gasteiger partial charge in [0.25, 0.3) is 5.91 Å². The van der Waals surface area contributed by atoms with Crippen molar-refractivity contribution in [1.29, 1.82) is 0 Å². The highest BCUT2D eigenvalue weighted by molar-refractivity contribution is 7.99. The summed E-state index contributed by atoms with van der Waals surface area (Å²) in [7, 11) is 0. The molecule has 1 atom stereocenters. The van der Waals surface area contributed by atoms with Gasteiger partial charge in [-0.3, -0.25) is 14.4 Å². The van der Waals surface area contributed by atoms with Crippen molar-refractivity contribution in [3.8, 4) is 5.75 Å². The molecular formula is C20H22N2O4S. The number of benzene rings is 2. The van der Waals surface area contributed by atoms with E-state index >= 15 is 0 Å². The molecule has 142 valence electrons. The zero-order chi connectivity index (χ0) is 19.8. The highest BCUT2D eigenvalue weighted by Crippen LogP contribution is 2.21. The molecule has 2 aromatic carbocycles. The first-order valence-corrected chi connectivity index (χ1v) is 9.41. The van der Waals surface area contributed by atoms with Gasteiger partial charge in [-0.25, -0.2) is 0 Å². The van der Waals surface area contributed by atoms with Crippen molar-refractivity contribution in [2.75, 3.05) is 12.3 Å². The van der Waals surface area contributed by atoms with Crippen molar-refractivity contribution in [2.24, 2.45) is 0 Å². The van der Waals surface area contributed by atoms with Crippen molar-refractivity contribution in [2.45, 2.75) is 24.8 Å². The first-order valence-electron chi connectivity index (χ1n) is 8.43. The Balaban J connectivity index is 2.12. The van der Waals surface area contributed by atoms with Gasteiger partial charge in [0.05, 0.1) is 6.54 Å². The molecule has 7 heteroatoms. The molecule has 3 N–H and O–H groups in total. The summed E-state index contributed by atoms with van der Waals surface area (Å²) in [4.78, 5) is 37.2. The molecule has 0 fully saturated rings. The Morgan fingerprint density at radius 3 is 2.44 bits per heavy atom. The molecule has 0 bridgehead atoms. The topological polar surface area (TPSA) is 95.5 Å². The predicted octanol–water partition coefficient (Wildman–Crippen LogP) is 2.30. The molecule has 0 saturated carbocycles. The smallest absolute Gasteiger partial charge is 0.252 e. The minimum Gasteiger partial charge on any atom is -0.508 e. The van der Waals surface area contributed by atoms with Crippen molar-refractivity contribution >= 4 is 29.4 Å². The number of amides is 2. The molecule has 0 radical (unpaired) electrons. The Morgan fingerprint density at radius 1 is 1.07 bits per heavy atom. The normalized spacial score (nSPS) is 11.5. The fraction of sp³-hybridized carbons (Fsp3) is 0.250. The molecular weight excluding hydrogens is 364 g/mol. The number of phenols is 1. The maximum atomic E-state index is 12.6. The van der Waals surface area contributed by atoms with Crippen LogP contribution in [0.1, 0.15) is 22.8 Å². The van der Waals surface area contributed by atoms with Crippen LogP contribution in [0.5, 0.6) is 5.75 Å². The summed E-state index contributed by atoms with van der Waals surface area (Å²) in [5.74, 6) is -0.746. The van der Waals surface area contributed by atoms with Crippen LogP contribution in [0.3, 0.4) is 0 Å². The van der Waals surface area contributed by atoms with Gasteiger partial charge >= 0.3 is 0 Å². The lowest BCUT2D eigenvalue weighted by Crippen LogP contribution is -2.49. The van der Waals surface area contributed by atoms with Gasteiger partial charge in [0.2, 0.25) is 5.91 Å². The Morgan fingerprint density at radius 2 is 1.78 bits per heavy atom. The van der Waals surface area contributed by atoms with Crippen LogP contribution < -0.4 is 10.6 Å². The Kier molecular flexibility index (Phi) is 7.43. The number of carbonyl (C=O) groups is 3. The molecule has 0 heterocycles. The van der Waals surface area contributed by atoms with E-state index in [9.17, 15) is 19.5 Å². The number of phenolic OH excluding ortho intramolecular Hbond substituents is 1. The number of aromatic hydroxyl groups is 1. The second-order valence-corrected chi connectivity index (χ2v) is 7.11. The van der Waals surface area contributed by atoms with Gasteiger partial charge in [-0.2, -0.15) is 0 Å². The van der Waals surface area contributed by atoms with Crippen LogP contribution in [0.2, 0.25) is 0 Å². The number of rotatable bonds is 8. The van der Waals surface area contributed by atoms with Gasteiger partial charge in [0.1, 0.15) is 17.6 Å². The van der Waals surface area contributed by atoms with E-state index in [-0.39, 0.29) is 18.1 Å². The number of hydrogen-bond acceptors (Lipinski definition) is 5. The highest BCUT2D eigenvalue weighted by Gasteiger charge is 2.23. The van der Waals surface area contributed by atoms with E-state index in [2.05, 4.69) is 10.6 Å². The number of ketones is 1. The molecule has 0 spiro atoms. The number of nitrogens with one attached hydrogen (secondary N) is 2. The summed E-state index contributed by atoms with van der Waals surface area (Å²) in [6, 6.07) is 13.3. The molecule has 2 rings (SSSR count). The number of carbonyl (C=O) groups excluding carboxylic acids is 3. The Hall–Kier alpha value is -2.80. The quantitative estimate of drug-likeness (QED) is 0.605. The number of thioether (sulfide) groups is 1. The zero-order valence-electron chi connectivity index (χ0n) is 15.2. The minimum atomic E-state index is -0.830. The Bertz CT molecular complexity index is 824. The first kappa shape index (κ1) is 20.5. The van der Waals surface area contributed by atoms with Gasteiger partial charge in [-0.05, 0) is 38.1 Å². The van der Waals surface area contributed by atoms with Gasteiger partial charge in [0, 0.05) is 21.8 Å². The molecule has 0 unspecified atom stereocenters. The predicted molar refractivity (Wildman–Crippen MR) is 105 cm³/mol. The summed E-state index contributed by atoms with van der Waals surface area (Å²) >= 11 is 1.43. The van der Waals surface area contributed by atoms with Crippen molar-refractivity contribution < 1.29 is 19.5 Å². The van der Waals surface area contributed by atoms with Gasteiger partial charge in [-0.1, -0.05) is 24.3 Å². The number of Topliss-reactive ketones (excluding diaryl/α,β-unsaturated/α-hetero) is 1. The van der Waals surface area contributed by atoms with E-state index in [0.29, 0.717) is 16.9 Å². The summed E-state index contributed by atoms with van der Waals surface area (Å²) in [5, 5.41) is 15.0. The van der Waals surface area contributed by atoms with E-state index in [1.54, 1.807) is 19.1 Å². The maximum Gasteiger partial charge on any atom is 0.252 e. The first-order chi connectivity index (χ1) is 12.9. The standard InChI is InChI=1S/C20H22N2O4S/c1-13(23)11-21-20(26)17(12-27-15-7-4-3-5-8-15)22-19(25)16-9-6-10-18(24)14(16)2/h3-10,17,24H,11-12H2,1-2H3,(H,21,26)(H,22,25)/t17-/m0/s1. The van der Waals surface area contributed by atoms with Crippen LogP contribution in [0, 0.1) is 6.92 Å². The maximum absolute atomic E-state index is 12.6. The van der Waals surface area contributed by atoms with E-state index < -0.39 is 17.9 Å². The van der Waals surface area contributed by atoms with Gasteiger partial charge in [-0.15, -0.1) is 11.8 Å². The third-order valence-corrected chi connectivity index (χ3v) is 4.95. The van der Waals surface area contributed by atoms with Gasteiger partial charge < -0.3 is 15.7 Å². The van der Waals surface area contributed by atoms with E-state index in [0.717, 1.165) is 4.90 Å². The van der Waals surface area contributed by atoms with Crippen LogP contribution in [0.25, 0.3) is 0 Å². The third kappa shape index (κ3) is 6.14. The lowest BCUT2D eigenvalue weighted by atomic mass is 10.1. The monoisotopic (exact) mass is 386 g/mol. The molecule has 0 saturated heterocycles. The summed E-state index contributed by atoms with van der Waals surface area (Å²) in [6.07, 6.45) is 0. The van der Waals surface area contributed by atoms with E-state index in [1.165, 1.54) is 24.8 Å². The van der Waals surface area contributed by atoms with Crippen molar-refractivity contribution in [3.63, 3.8) is 0 Å². The van der Waals surface area contributed by atoms with Crippen molar-refractivity contribution in [1.82, 2.24) is 10.6 Å². The molecule has 0 aromatic heterocycles. The zero-order valence-corrected chi connectivity index (χ0v) is 16.0. The fourth-order valence-corrected chi connectivity index (χ4v) is 3.26. The van der Waals surface area contributed by atoms with E-state index in [4.69, 9.17) is 0 Å². The molecule has 27 heavy (non-hydrogen) atoms. The molecule has 0 aliphatic rings. The minimum absolute atomic E-state index is 0.0129. The van der Waals surface area contributed by atoms with Crippen LogP contribution >= 0.6 is 11.8 Å². The van der Waals surface area contributed by atoms with Crippen molar-refractivity contribution in [3.05, 3.63) is 59.7 Å². The average Bonchev–Trinajstić information content (AvgIpc) is 2.66. The summed E-state index contributed by atoms with van der Waals surface area (Å²) in [5.41, 5.74) is 0.734. The van der Waals surface area contributed by atoms with Crippen LogP contribution in [-0.2, 0) is 9.59 Å². The van der Waals surface area contributed by atoms with Crippen LogP contribution in [0.15, 0.2) is 53.4 Å². The SMILES string of the molecule is CC(=O)CNC(=O)[C@H](CSc1ccccc1)NC(=O)c1cccc(O)c1C. The molecule has 0 aliphatic heterocycles.